The van der Waals surface area contributed by atoms with Crippen molar-refractivity contribution in [1.82, 2.24) is 15.0 Å². The minimum atomic E-state index is 0.409. The van der Waals surface area contributed by atoms with Gasteiger partial charge in [0.05, 0.1) is 6.20 Å². The highest BCUT2D eigenvalue weighted by molar-refractivity contribution is 14.1. The highest BCUT2D eigenvalue weighted by Crippen LogP contribution is 2.02. The van der Waals surface area contributed by atoms with Gasteiger partial charge in [0.25, 0.3) is 0 Å². The van der Waals surface area contributed by atoms with Crippen molar-refractivity contribution in [3.8, 4) is 0 Å². The van der Waals surface area contributed by atoms with E-state index in [0.717, 1.165) is 0 Å². The van der Waals surface area contributed by atoms with Crippen molar-refractivity contribution in [2.45, 2.75) is 6.92 Å². The first-order chi connectivity index (χ1) is 7.25. The van der Waals surface area contributed by atoms with Crippen LogP contribution in [0.3, 0.4) is 0 Å². The molecule has 2 rings (SSSR count). The first kappa shape index (κ1) is 10.1. The molecule has 1 aromatic rings. The Morgan fingerprint density at radius 2 is 2.13 bits per heavy atom. The van der Waals surface area contributed by atoms with Crippen LogP contribution in [0.5, 0.6) is 0 Å². The molecule has 1 aliphatic rings. The highest BCUT2D eigenvalue weighted by Gasteiger charge is 2.08. The normalized spacial score (nSPS) is 13.9. The smallest absolute Gasteiger partial charge is 0.201 e. The van der Waals surface area contributed by atoms with Crippen LogP contribution >= 0.6 is 22.6 Å². The number of amidine groups is 1. The van der Waals surface area contributed by atoms with Gasteiger partial charge < -0.3 is 0 Å². The van der Waals surface area contributed by atoms with Gasteiger partial charge in [-0.3, -0.25) is 0 Å². The van der Waals surface area contributed by atoms with E-state index >= 15 is 0 Å². The van der Waals surface area contributed by atoms with Crippen LogP contribution in [0.1, 0.15) is 11.6 Å². The van der Waals surface area contributed by atoms with Crippen LogP contribution < -0.4 is 0 Å². The van der Waals surface area contributed by atoms with E-state index in [1.165, 1.54) is 12.5 Å². The van der Waals surface area contributed by atoms with Gasteiger partial charge in [0.2, 0.25) is 5.82 Å². The van der Waals surface area contributed by atoms with Crippen LogP contribution in [-0.4, -0.2) is 33.0 Å². The number of aromatic nitrogens is 3. The Kier molecular flexibility index (Phi) is 2.93. The number of hydrogen-bond acceptors (Lipinski definition) is 6. The molecule has 2 heterocycles. The lowest BCUT2D eigenvalue weighted by molar-refractivity contribution is 0.924. The second-order valence-electron chi connectivity index (χ2n) is 2.56. The van der Waals surface area contributed by atoms with E-state index in [0.29, 0.717) is 21.3 Å². The fraction of sp³-hybridized carbons (Fsp3) is 0.125. The van der Waals surface area contributed by atoms with Gasteiger partial charge in [-0.15, -0.1) is 0 Å². The molecule has 0 spiro atoms. The van der Waals surface area contributed by atoms with E-state index in [2.05, 4.69) is 35.8 Å². The van der Waals surface area contributed by atoms with E-state index in [1.807, 2.05) is 22.6 Å². The molecule has 0 amide bonds. The molecule has 74 valence electrons. The molecule has 0 aromatic carbocycles. The van der Waals surface area contributed by atoms with E-state index < -0.39 is 0 Å². The van der Waals surface area contributed by atoms with Gasteiger partial charge in [0.15, 0.2) is 9.67 Å². The quantitative estimate of drug-likeness (QED) is 0.718. The number of aryl methyl sites for hydroxylation is 1. The van der Waals surface area contributed by atoms with Gasteiger partial charge in [-0.1, -0.05) is 0 Å². The van der Waals surface area contributed by atoms with E-state index in [1.54, 1.807) is 6.92 Å². The van der Waals surface area contributed by atoms with Crippen molar-refractivity contribution in [2.24, 2.45) is 15.0 Å². The van der Waals surface area contributed by atoms with Gasteiger partial charge in [-0.25, -0.2) is 20.0 Å². The predicted molar refractivity (Wildman–Crippen MR) is 64.3 cm³/mol. The lowest BCUT2D eigenvalue weighted by atomic mass is 10.5. The van der Waals surface area contributed by atoms with Crippen LogP contribution in [0.4, 0.5) is 0 Å². The van der Waals surface area contributed by atoms with Crippen molar-refractivity contribution in [3.05, 3.63) is 21.7 Å². The lowest BCUT2D eigenvalue weighted by Gasteiger charge is -1.99. The fourth-order valence-corrected chi connectivity index (χ4v) is 1.52. The molecule has 0 fully saturated rings. The monoisotopic (exact) mass is 312 g/mol. The summed E-state index contributed by atoms with van der Waals surface area (Å²) in [7, 11) is 0. The maximum atomic E-state index is 4.14. The molecule has 0 unspecified atom stereocenters. The molecule has 0 saturated heterocycles. The fourth-order valence-electron chi connectivity index (χ4n) is 0.938. The molecule has 0 bridgehead atoms. The van der Waals surface area contributed by atoms with Gasteiger partial charge in [-0.05, 0) is 6.92 Å². The van der Waals surface area contributed by atoms with Gasteiger partial charge in [0, 0.05) is 28.5 Å². The summed E-state index contributed by atoms with van der Waals surface area (Å²) in [5, 5.41) is 0. The van der Waals surface area contributed by atoms with E-state index in [-0.39, 0.29) is 0 Å². The zero-order valence-corrected chi connectivity index (χ0v) is 9.87. The summed E-state index contributed by atoms with van der Waals surface area (Å²) in [6.45, 7) is 1.79. The number of aliphatic imine (C=N–C) groups is 3. The molecular formula is C8H5IN6. The van der Waals surface area contributed by atoms with Crippen LogP contribution in [0.25, 0.3) is 0 Å². The minimum absolute atomic E-state index is 0.409. The third kappa shape index (κ3) is 2.51. The Balaban J connectivity index is 2.46. The summed E-state index contributed by atoms with van der Waals surface area (Å²) in [6, 6.07) is 0. The number of hydrogen-bond donors (Lipinski definition) is 0. The lowest BCUT2D eigenvalue weighted by Crippen LogP contribution is -2.08. The maximum Gasteiger partial charge on any atom is 0.201 e. The van der Waals surface area contributed by atoms with Crippen molar-refractivity contribution in [1.29, 1.82) is 0 Å². The average molecular weight is 312 g/mol. The average Bonchev–Trinajstić information content (AvgIpc) is 2.43. The van der Waals surface area contributed by atoms with Crippen LogP contribution in [0.15, 0.2) is 21.2 Å². The molecule has 0 radical (unpaired) electrons. The largest absolute Gasteiger partial charge is 0.224 e. The minimum Gasteiger partial charge on any atom is -0.224 e. The van der Waals surface area contributed by atoms with Gasteiger partial charge in [0.1, 0.15) is 12.2 Å². The van der Waals surface area contributed by atoms with E-state index in [4.69, 9.17) is 0 Å². The summed E-state index contributed by atoms with van der Waals surface area (Å²) in [6.07, 6.45) is 2.78. The summed E-state index contributed by atoms with van der Waals surface area (Å²) < 4.78 is 0.613. The van der Waals surface area contributed by atoms with Crippen molar-refractivity contribution < 1.29 is 0 Å². The standard InChI is InChI=1S/C8H5IN6/c1-5-13-7(15-8(9)14-5)6-11-3-2-10-4-12-6/h3-4H,1H3. The molecule has 6 nitrogen and oxygen atoms in total. The predicted octanol–water partition coefficient (Wildman–Crippen LogP) is 0.757. The molecule has 0 aliphatic carbocycles. The van der Waals surface area contributed by atoms with Gasteiger partial charge >= 0.3 is 0 Å². The van der Waals surface area contributed by atoms with E-state index in [9.17, 15) is 0 Å². The van der Waals surface area contributed by atoms with Crippen molar-refractivity contribution >= 4 is 40.6 Å². The van der Waals surface area contributed by atoms with Crippen molar-refractivity contribution in [3.63, 3.8) is 0 Å². The Morgan fingerprint density at radius 3 is 2.93 bits per heavy atom. The maximum absolute atomic E-state index is 4.14. The third-order valence-electron chi connectivity index (χ3n) is 1.48. The van der Waals surface area contributed by atoms with Crippen LogP contribution in [0, 0.1) is 10.8 Å². The number of rotatable bonds is 1. The summed E-state index contributed by atoms with van der Waals surface area (Å²) in [5.41, 5.74) is 0. The Morgan fingerprint density at radius 1 is 1.27 bits per heavy atom. The molecule has 0 atom stereocenters. The second kappa shape index (κ2) is 4.37. The molecule has 0 N–H and O–H groups in total. The zero-order chi connectivity index (χ0) is 10.7. The Bertz CT molecular complexity index is 492. The van der Waals surface area contributed by atoms with Crippen LogP contribution in [-0.2, 0) is 0 Å². The summed E-state index contributed by atoms with van der Waals surface area (Å²) in [5.74, 6) is 4.05. The number of halogens is 1. The SMILES string of the molecule is Cc1nc(I)nc(C2=NC=C=NC=N2)n1. The molecule has 15 heavy (non-hydrogen) atoms. The molecule has 7 heteroatoms. The third-order valence-corrected chi connectivity index (χ3v) is 1.96. The molecule has 1 aliphatic heterocycles. The molecular weight excluding hydrogens is 307 g/mol. The van der Waals surface area contributed by atoms with Crippen molar-refractivity contribution in [2.75, 3.05) is 0 Å². The first-order valence-electron chi connectivity index (χ1n) is 4.01. The Labute approximate surface area is 99.2 Å². The zero-order valence-electron chi connectivity index (χ0n) is 7.72. The Hall–Kier alpha value is -1.47. The first-order valence-corrected chi connectivity index (χ1v) is 5.09. The molecule has 1 aromatic heterocycles. The number of nitrogens with zero attached hydrogens (tertiary/aromatic N) is 6. The van der Waals surface area contributed by atoms with Gasteiger partial charge in [-0.2, -0.15) is 9.98 Å². The summed E-state index contributed by atoms with van der Waals surface area (Å²) in [4.78, 5) is 24.0. The molecule has 0 saturated carbocycles. The van der Waals surface area contributed by atoms with Crippen LogP contribution in [0.2, 0.25) is 0 Å². The highest BCUT2D eigenvalue weighted by atomic mass is 127. The summed E-state index contributed by atoms with van der Waals surface area (Å²) >= 11 is 2.02. The topological polar surface area (TPSA) is 75.8 Å². The second-order valence-corrected chi connectivity index (χ2v) is 3.52.